The molecule has 0 aliphatic carbocycles. The number of carbonyl (C=O) groups excluding carboxylic acids is 2. The maximum Gasteiger partial charge on any atom is 0.472 e. The van der Waals surface area contributed by atoms with E-state index in [-0.39, 0.29) is 32.0 Å². The fourth-order valence-corrected chi connectivity index (χ4v) is 7.19. The van der Waals surface area contributed by atoms with Crippen molar-refractivity contribution in [1.29, 1.82) is 0 Å². The predicted octanol–water partition coefficient (Wildman–Crippen LogP) is 15.1. The maximum atomic E-state index is 12.6. The van der Waals surface area contributed by atoms with Crippen molar-refractivity contribution in [2.45, 2.75) is 219 Å². The zero-order valence-corrected chi connectivity index (χ0v) is 38.3. The number of phosphoric ester groups is 1. The molecule has 0 aromatic rings. The Morgan fingerprint density at radius 1 is 0.483 bits per heavy atom. The maximum absolute atomic E-state index is 12.6. The number of ether oxygens (including phenoxy) is 2. The van der Waals surface area contributed by atoms with Gasteiger partial charge in [-0.3, -0.25) is 18.6 Å². The average molecular weight is 835 g/mol. The molecule has 0 saturated heterocycles. The van der Waals surface area contributed by atoms with Gasteiger partial charge in [0.2, 0.25) is 0 Å². The zero-order chi connectivity index (χ0) is 42.5. The van der Waals surface area contributed by atoms with E-state index in [9.17, 15) is 19.0 Å². The molecule has 58 heavy (non-hydrogen) atoms. The summed E-state index contributed by atoms with van der Waals surface area (Å²) in [6, 6.07) is 0. The molecule has 0 radical (unpaired) electrons. The summed E-state index contributed by atoms with van der Waals surface area (Å²) >= 11 is 0. The Bertz CT molecular complexity index is 1130. The Labute approximate surface area is 356 Å². The molecule has 1 N–H and O–H groups in total. The van der Waals surface area contributed by atoms with E-state index in [0.717, 1.165) is 51.4 Å². The van der Waals surface area contributed by atoms with E-state index >= 15 is 0 Å². The molecule has 0 aliphatic heterocycles. The van der Waals surface area contributed by atoms with Gasteiger partial charge in [0.25, 0.3) is 0 Å². The van der Waals surface area contributed by atoms with Crippen LogP contribution in [0.15, 0.2) is 60.8 Å². The molecule has 0 heterocycles. The normalized spacial score (nSPS) is 13.8. The molecule has 2 unspecified atom stereocenters. The molecule has 8 nitrogen and oxygen atoms in total. The van der Waals surface area contributed by atoms with Gasteiger partial charge in [-0.2, -0.15) is 0 Å². The first-order chi connectivity index (χ1) is 28.3. The minimum absolute atomic E-state index is 0.0114. The van der Waals surface area contributed by atoms with Gasteiger partial charge in [0.05, 0.1) is 13.2 Å². The molecular formula is C49H87O8P. The monoisotopic (exact) mass is 835 g/mol. The fraction of sp³-hybridized carbons (Fsp3) is 0.755. The minimum Gasteiger partial charge on any atom is -0.462 e. The van der Waals surface area contributed by atoms with Crippen molar-refractivity contribution >= 4 is 19.8 Å². The van der Waals surface area contributed by atoms with Crippen LogP contribution in [-0.4, -0.2) is 42.8 Å². The topological polar surface area (TPSA) is 108 Å². The van der Waals surface area contributed by atoms with Crippen LogP contribution in [0, 0.1) is 0 Å². The average Bonchev–Trinajstić information content (AvgIpc) is 3.20. The fourth-order valence-electron chi connectivity index (χ4n) is 6.43. The molecule has 0 aromatic heterocycles. The number of rotatable bonds is 43. The molecule has 2 atom stereocenters. The number of esters is 2. The first-order valence-corrected chi connectivity index (χ1v) is 25.1. The van der Waals surface area contributed by atoms with Crippen LogP contribution >= 0.6 is 7.82 Å². The quantitative estimate of drug-likeness (QED) is 0.0280. The van der Waals surface area contributed by atoms with Gasteiger partial charge in [-0.1, -0.05) is 203 Å². The number of hydrogen-bond donors (Lipinski definition) is 1. The van der Waals surface area contributed by atoms with Crippen LogP contribution in [0.4, 0.5) is 0 Å². The second-order valence-electron chi connectivity index (χ2n) is 15.4. The van der Waals surface area contributed by atoms with Gasteiger partial charge in [-0.05, 0) is 58.3 Å². The lowest BCUT2D eigenvalue weighted by molar-refractivity contribution is -0.161. The lowest BCUT2D eigenvalue weighted by Crippen LogP contribution is -2.29. The molecular weight excluding hydrogens is 748 g/mol. The van der Waals surface area contributed by atoms with Gasteiger partial charge < -0.3 is 14.4 Å². The van der Waals surface area contributed by atoms with Crippen LogP contribution in [0.25, 0.3) is 0 Å². The molecule has 0 aliphatic rings. The van der Waals surface area contributed by atoms with Crippen molar-refractivity contribution in [1.82, 2.24) is 0 Å². The Morgan fingerprint density at radius 2 is 0.879 bits per heavy atom. The summed E-state index contributed by atoms with van der Waals surface area (Å²) in [5.74, 6) is -0.861. The van der Waals surface area contributed by atoms with E-state index in [1.54, 1.807) is 6.92 Å². The lowest BCUT2D eigenvalue weighted by atomic mass is 10.0. The third-order valence-corrected chi connectivity index (χ3v) is 10.9. The van der Waals surface area contributed by atoms with E-state index in [2.05, 4.69) is 68.5 Å². The van der Waals surface area contributed by atoms with Gasteiger partial charge in [0.15, 0.2) is 6.10 Å². The van der Waals surface area contributed by atoms with Gasteiger partial charge in [0, 0.05) is 12.8 Å². The van der Waals surface area contributed by atoms with Crippen LogP contribution in [0.3, 0.4) is 0 Å². The Kier molecular flexibility index (Phi) is 42.6. The number of unbranched alkanes of at least 4 members (excludes halogenated alkanes) is 21. The summed E-state index contributed by atoms with van der Waals surface area (Å²) in [6.45, 7) is 5.32. The molecule has 0 fully saturated rings. The van der Waals surface area contributed by atoms with Crippen LogP contribution in [0.2, 0.25) is 0 Å². The third-order valence-electron chi connectivity index (χ3n) is 9.84. The van der Waals surface area contributed by atoms with Gasteiger partial charge in [-0.25, -0.2) is 4.57 Å². The summed E-state index contributed by atoms with van der Waals surface area (Å²) < 4.78 is 32.6. The number of phosphoric acid groups is 1. The van der Waals surface area contributed by atoms with E-state index in [1.165, 1.54) is 116 Å². The summed E-state index contributed by atoms with van der Waals surface area (Å²) in [5, 5.41) is 0. The zero-order valence-electron chi connectivity index (χ0n) is 37.4. The van der Waals surface area contributed by atoms with Gasteiger partial charge in [-0.15, -0.1) is 0 Å². The van der Waals surface area contributed by atoms with Crippen molar-refractivity contribution < 1.29 is 37.6 Å². The first-order valence-electron chi connectivity index (χ1n) is 23.6. The van der Waals surface area contributed by atoms with Crippen LogP contribution < -0.4 is 0 Å². The smallest absolute Gasteiger partial charge is 0.462 e. The summed E-state index contributed by atoms with van der Waals surface area (Å²) in [5.41, 5.74) is 0. The standard InChI is InChI=1S/C49H87O8P/c1-4-7-9-11-13-15-17-19-21-23-24-25-26-28-29-31-33-35-37-39-41-43-48(50)54-45-47(46-56-58(52,53)55-6-3)57-49(51)44-42-40-38-36-34-32-30-27-22-20-18-16-14-12-10-8-5-2/h8,10,14,16,20,22,30,32,36,38,47H,4-7,9,11-13,15,17-19,21,23-29,31,33-35,37,39-46H2,1-3H3,(H,52,53)/b10-8-,16-14-,22-20-,32-30-,38-36-. The highest BCUT2D eigenvalue weighted by molar-refractivity contribution is 7.47. The highest BCUT2D eigenvalue weighted by Gasteiger charge is 2.25. The van der Waals surface area contributed by atoms with Crippen molar-refractivity contribution in [2.24, 2.45) is 0 Å². The van der Waals surface area contributed by atoms with Crippen molar-refractivity contribution in [3.05, 3.63) is 60.8 Å². The van der Waals surface area contributed by atoms with E-state index in [0.29, 0.717) is 12.8 Å². The van der Waals surface area contributed by atoms with E-state index < -0.39 is 26.5 Å². The summed E-state index contributed by atoms with van der Waals surface area (Å²) in [7, 11) is -4.30. The molecule has 0 bridgehead atoms. The van der Waals surface area contributed by atoms with E-state index in [4.69, 9.17) is 18.5 Å². The highest BCUT2D eigenvalue weighted by Crippen LogP contribution is 2.43. The summed E-state index contributed by atoms with van der Waals surface area (Å²) in [4.78, 5) is 34.8. The molecule has 0 aromatic carbocycles. The second-order valence-corrected chi connectivity index (χ2v) is 16.9. The van der Waals surface area contributed by atoms with Gasteiger partial charge >= 0.3 is 19.8 Å². The summed E-state index contributed by atoms with van der Waals surface area (Å²) in [6.07, 6.45) is 54.4. The van der Waals surface area contributed by atoms with Crippen molar-refractivity contribution in [2.75, 3.05) is 19.8 Å². The molecule has 0 amide bonds. The SMILES string of the molecule is CC/C=C\C/C=C\C/C=C\C/C=C\C/C=C\CCCC(=O)OC(COC(=O)CCCCCCCCCCCCCCCCCCCCCCC)COP(=O)(O)OCC. The van der Waals surface area contributed by atoms with E-state index in [1.807, 2.05) is 6.08 Å². The molecule has 9 heteroatoms. The highest BCUT2D eigenvalue weighted by atomic mass is 31.2. The predicted molar refractivity (Wildman–Crippen MR) is 244 cm³/mol. The van der Waals surface area contributed by atoms with Crippen LogP contribution in [0.5, 0.6) is 0 Å². The Balaban J connectivity index is 4.07. The van der Waals surface area contributed by atoms with Gasteiger partial charge in [0.1, 0.15) is 6.61 Å². The van der Waals surface area contributed by atoms with Crippen LogP contribution in [0.1, 0.15) is 213 Å². The lowest BCUT2D eigenvalue weighted by Gasteiger charge is -2.19. The van der Waals surface area contributed by atoms with Crippen molar-refractivity contribution in [3.8, 4) is 0 Å². The first kappa shape index (κ1) is 55.8. The van der Waals surface area contributed by atoms with Crippen molar-refractivity contribution in [3.63, 3.8) is 0 Å². The molecule has 0 saturated carbocycles. The molecule has 0 spiro atoms. The third kappa shape index (κ3) is 43.3. The number of carbonyl (C=O) groups is 2. The second kappa shape index (κ2) is 44.3. The molecule has 0 rings (SSSR count). The number of hydrogen-bond acceptors (Lipinski definition) is 7. The van der Waals surface area contributed by atoms with Crippen LogP contribution in [-0.2, 0) is 32.7 Å². The Hall–Kier alpha value is -2.25. The largest absolute Gasteiger partial charge is 0.472 e. The molecule has 336 valence electrons. The minimum atomic E-state index is -4.30. The number of allylic oxidation sites excluding steroid dienone is 10. The Morgan fingerprint density at radius 3 is 1.31 bits per heavy atom.